The second-order valence-corrected chi connectivity index (χ2v) is 6.01. The van der Waals surface area contributed by atoms with E-state index in [-0.39, 0.29) is 17.9 Å². The van der Waals surface area contributed by atoms with E-state index >= 15 is 0 Å². The molecule has 1 aromatic rings. The summed E-state index contributed by atoms with van der Waals surface area (Å²) in [6.45, 7) is 0.538. The van der Waals surface area contributed by atoms with Crippen LogP contribution in [0.15, 0.2) is 24.3 Å². The molecule has 0 saturated heterocycles. The average molecular weight is 274 g/mol. The molecule has 2 fully saturated rings. The highest BCUT2D eigenvalue weighted by atomic mass is 16.5. The number of rotatable bonds is 4. The molecule has 2 bridgehead atoms. The van der Waals surface area contributed by atoms with Gasteiger partial charge in [0.2, 0.25) is 5.91 Å². The molecule has 108 valence electrons. The number of ether oxygens (including phenoxy) is 1. The van der Waals surface area contributed by atoms with Gasteiger partial charge in [-0.2, -0.15) is 0 Å². The van der Waals surface area contributed by atoms with E-state index in [1.165, 1.54) is 6.42 Å². The average Bonchev–Trinajstić information content (AvgIpc) is 3.06. The van der Waals surface area contributed by atoms with Crippen molar-refractivity contribution in [1.82, 2.24) is 5.32 Å². The van der Waals surface area contributed by atoms with Gasteiger partial charge in [-0.1, -0.05) is 12.1 Å². The van der Waals surface area contributed by atoms with Gasteiger partial charge in [0.05, 0.1) is 13.0 Å². The zero-order valence-corrected chi connectivity index (χ0v) is 11.8. The number of hydrogen-bond donors (Lipinski definition) is 2. The van der Waals surface area contributed by atoms with E-state index in [2.05, 4.69) is 5.32 Å². The molecule has 4 nitrogen and oxygen atoms in total. The zero-order chi connectivity index (χ0) is 14.1. The molecule has 0 spiro atoms. The Kier molecular flexibility index (Phi) is 3.66. The van der Waals surface area contributed by atoms with Gasteiger partial charge in [-0.25, -0.2) is 0 Å². The van der Waals surface area contributed by atoms with E-state index in [1.807, 2.05) is 24.3 Å². The molecule has 2 saturated carbocycles. The minimum absolute atomic E-state index is 0.0133. The summed E-state index contributed by atoms with van der Waals surface area (Å²) in [5.74, 6) is 2.01. The zero-order valence-electron chi connectivity index (χ0n) is 11.8. The van der Waals surface area contributed by atoms with Crippen molar-refractivity contribution in [2.45, 2.75) is 31.8 Å². The van der Waals surface area contributed by atoms with Crippen molar-refractivity contribution in [2.75, 3.05) is 7.11 Å². The number of methoxy groups -OCH3 is 1. The maximum absolute atomic E-state index is 12.4. The van der Waals surface area contributed by atoms with E-state index in [9.17, 15) is 4.79 Å². The van der Waals surface area contributed by atoms with Crippen LogP contribution < -0.4 is 15.8 Å². The Morgan fingerprint density at radius 1 is 1.40 bits per heavy atom. The minimum atomic E-state index is 0.0133. The topological polar surface area (TPSA) is 64.3 Å². The molecule has 0 radical (unpaired) electrons. The minimum Gasteiger partial charge on any atom is -0.497 e. The fourth-order valence-corrected chi connectivity index (χ4v) is 3.81. The predicted molar refractivity (Wildman–Crippen MR) is 77.1 cm³/mol. The monoisotopic (exact) mass is 274 g/mol. The number of fused-ring (bicyclic) bond motifs is 2. The summed E-state index contributed by atoms with van der Waals surface area (Å²) >= 11 is 0. The third-order valence-corrected chi connectivity index (χ3v) is 4.88. The van der Waals surface area contributed by atoms with Crippen molar-refractivity contribution in [3.05, 3.63) is 29.8 Å². The quantitative estimate of drug-likeness (QED) is 0.878. The third-order valence-electron chi connectivity index (χ3n) is 4.88. The highest BCUT2D eigenvalue weighted by Crippen LogP contribution is 2.47. The second-order valence-electron chi connectivity index (χ2n) is 6.01. The largest absolute Gasteiger partial charge is 0.497 e. The van der Waals surface area contributed by atoms with Gasteiger partial charge in [-0.3, -0.25) is 4.79 Å². The van der Waals surface area contributed by atoms with E-state index in [1.54, 1.807) is 7.11 Å². The van der Waals surface area contributed by atoms with Crippen LogP contribution in [0.5, 0.6) is 5.75 Å². The van der Waals surface area contributed by atoms with E-state index < -0.39 is 0 Å². The first kappa shape index (κ1) is 13.4. The summed E-state index contributed by atoms with van der Waals surface area (Å²) < 4.78 is 5.19. The molecule has 1 amide bonds. The number of carbonyl (C=O) groups is 1. The third kappa shape index (κ3) is 2.40. The molecule has 0 aliphatic heterocycles. The summed E-state index contributed by atoms with van der Waals surface area (Å²) in [4.78, 5) is 12.4. The fourth-order valence-electron chi connectivity index (χ4n) is 3.81. The Labute approximate surface area is 119 Å². The van der Waals surface area contributed by atoms with Gasteiger partial charge in [-0.15, -0.1) is 0 Å². The Morgan fingerprint density at radius 2 is 2.20 bits per heavy atom. The second kappa shape index (κ2) is 5.44. The molecule has 2 aliphatic carbocycles. The smallest absolute Gasteiger partial charge is 0.225 e. The molecule has 3 rings (SSSR count). The molecule has 0 aromatic heterocycles. The summed E-state index contributed by atoms with van der Waals surface area (Å²) in [5, 5.41) is 3.03. The predicted octanol–water partition coefficient (Wildman–Crippen LogP) is 1.68. The maximum atomic E-state index is 12.4. The van der Waals surface area contributed by atoms with Gasteiger partial charge in [0.15, 0.2) is 0 Å². The van der Waals surface area contributed by atoms with Gasteiger partial charge in [0, 0.05) is 12.6 Å². The molecule has 20 heavy (non-hydrogen) atoms. The molecule has 3 N–H and O–H groups in total. The number of benzene rings is 1. The lowest BCUT2D eigenvalue weighted by Crippen LogP contribution is -2.45. The standard InChI is InChI=1S/C16H22N2O2/c1-20-13-4-2-3-10(7-13)9-18-16(19)14-11-5-6-12(8-11)15(14)17/h2-4,7,11-12,14-15H,5-6,8-9,17H2,1H3,(H,18,19). The van der Waals surface area contributed by atoms with Crippen LogP contribution in [0.25, 0.3) is 0 Å². The number of hydrogen-bond acceptors (Lipinski definition) is 3. The summed E-state index contributed by atoms with van der Waals surface area (Å²) in [6.07, 6.45) is 3.50. The van der Waals surface area contributed by atoms with Crippen molar-refractivity contribution >= 4 is 5.91 Å². The summed E-state index contributed by atoms with van der Waals surface area (Å²) in [7, 11) is 1.64. The lowest BCUT2D eigenvalue weighted by atomic mass is 9.84. The van der Waals surface area contributed by atoms with Crippen LogP contribution in [-0.2, 0) is 11.3 Å². The van der Waals surface area contributed by atoms with Crippen molar-refractivity contribution in [3.8, 4) is 5.75 Å². The number of carbonyl (C=O) groups excluding carboxylic acids is 1. The van der Waals surface area contributed by atoms with Gasteiger partial charge in [-0.05, 0) is 48.8 Å². The lowest BCUT2D eigenvalue weighted by molar-refractivity contribution is -0.127. The lowest BCUT2D eigenvalue weighted by Gasteiger charge is -2.27. The van der Waals surface area contributed by atoms with Crippen molar-refractivity contribution in [2.24, 2.45) is 23.5 Å². The maximum Gasteiger partial charge on any atom is 0.225 e. The first-order valence-corrected chi connectivity index (χ1v) is 7.35. The van der Waals surface area contributed by atoms with Crippen LogP contribution in [0.3, 0.4) is 0 Å². The van der Waals surface area contributed by atoms with Crippen LogP contribution in [-0.4, -0.2) is 19.1 Å². The van der Waals surface area contributed by atoms with Gasteiger partial charge >= 0.3 is 0 Å². The first-order chi connectivity index (χ1) is 9.69. The molecule has 2 aliphatic rings. The van der Waals surface area contributed by atoms with Crippen LogP contribution in [0.2, 0.25) is 0 Å². The van der Waals surface area contributed by atoms with Gasteiger partial charge in [0.1, 0.15) is 5.75 Å². The van der Waals surface area contributed by atoms with E-state index in [0.717, 1.165) is 24.2 Å². The molecular weight excluding hydrogens is 252 g/mol. The van der Waals surface area contributed by atoms with Gasteiger partial charge < -0.3 is 15.8 Å². The molecule has 0 heterocycles. The van der Waals surface area contributed by atoms with Crippen LogP contribution in [0.4, 0.5) is 0 Å². The number of nitrogens with two attached hydrogens (primary N) is 1. The van der Waals surface area contributed by atoms with Crippen LogP contribution in [0, 0.1) is 17.8 Å². The molecule has 4 unspecified atom stereocenters. The first-order valence-electron chi connectivity index (χ1n) is 7.35. The molecular formula is C16H22N2O2. The van der Waals surface area contributed by atoms with E-state index in [0.29, 0.717) is 18.4 Å². The normalized spacial score (nSPS) is 31.3. The molecule has 4 atom stereocenters. The highest BCUT2D eigenvalue weighted by molar-refractivity contribution is 5.80. The fraction of sp³-hybridized carbons (Fsp3) is 0.562. The Hall–Kier alpha value is -1.55. The highest BCUT2D eigenvalue weighted by Gasteiger charge is 2.48. The summed E-state index contributed by atoms with van der Waals surface area (Å²) in [6, 6.07) is 7.82. The Morgan fingerprint density at radius 3 is 2.90 bits per heavy atom. The van der Waals surface area contributed by atoms with Gasteiger partial charge in [0.25, 0.3) is 0 Å². The van der Waals surface area contributed by atoms with Crippen molar-refractivity contribution in [3.63, 3.8) is 0 Å². The Bertz CT molecular complexity index is 501. The number of nitrogens with one attached hydrogen (secondary N) is 1. The Balaban J connectivity index is 1.59. The number of amides is 1. The SMILES string of the molecule is COc1cccc(CNC(=O)C2C3CCC(C3)C2N)c1. The molecule has 1 aromatic carbocycles. The van der Waals surface area contributed by atoms with Crippen molar-refractivity contribution in [1.29, 1.82) is 0 Å². The summed E-state index contributed by atoms with van der Waals surface area (Å²) in [5.41, 5.74) is 7.25. The molecule has 4 heteroatoms. The van der Waals surface area contributed by atoms with Crippen molar-refractivity contribution < 1.29 is 9.53 Å². The van der Waals surface area contributed by atoms with Crippen LogP contribution >= 0.6 is 0 Å². The van der Waals surface area contributed by atoms with Crippen LogP contribution in [0.1, 0.15) is 24.8 Å². The van der Waals surface area contributed by atoms with E-state index in [4.69, 9.17) is 10.5 Å².